The molecule has 0 spiro atoms. The lowest BCUT2D eigenvalue weighted by atomic mass is 9.98. The van der Waals surface area contributed by atoms with Gasteiger partial charge in [0.15, 0.2) is 0 Å². The molecule has 0 aliphatic rings. The molecule has 0 heterocycles. The number of benzene rings is 1. The van der Waals surface area contributed by atoms with E-state index in [1.807, 2.05) is 0 Å². The van der Waals surface area contributed by atoms with Crippen LogP contribution in [0.3, 0.4) is 0 Å². The quantitative estimate of drug-likeness (QED) is 0.810. The Kier molecular flexibility index (Phi) is 4.42. The van der Waals surface area contributed by atoms with E-state index in [4.69, 9.17) is 0 Å². The third kappa shape index (κ3) is 3.89. The lowest BCUT2D eigenvalue weighted by Crippen LogP contribution is -2.38. The first kappa shape index (κ1) is 13.1. The van der Waals surface area contributed by atoms with Crippen LogP contribution in [-0.2, 0) is 6.54 Å². The third-order valence-corrected chi connectivity index (χ3v) is 2.65. The lowest BCUT2D eigenvalue weighted by molar-refractivity contribution is 0.354. The molecule has 16 heavy (non-hydrogen) atoms. The Morgan fingerprint density at radius 2 is 1.94 bits per heavy atom. The van der Waals surface area contributed by atoms with Crippen LogP contribution >= 0.6 is 0 Å². The van der Waals surface area contributed by atoms with E-state index in [9.17, 15) is 8.78 Å². The topological polar surface area (TPSA) is 12.0 Å². The van der Waals surface area contributed by atoms with E-state index in [0.717, 1.165) is 18.9 Å². The highest BCUT2D eigenvalue weighted by Gasteiger charge is 2.16. The summed E-state index contributed by atoms with van der Waals surface area (Å²) in [5, 5.41) is 3.27. The summed E-state index contributed by atoms with van der Waals surface area (Å²) in [5.41, 5.74) is 0.487. The molecule has 0 unspecified atom stereocenters. The summed E-state index contributed by atoms with van der Waals surface area (Å²) in [6.45, 7) is 6.71. The maximum absolute atomic E-state index is 13.3. The Morgan fingerprint density at radius 1 is 1.25 bits per heavy atom. The van der Waals surface area contributed by atoms with E-state index in [2.05, 4.69) is 26.1 Å². The van der Waals surface area contributed by atoms with Crippen molar-refractivity contribution in [3.8, 4) is 0 Å². The van der Waals surface area contributed by atoms with Crippen molar-refractivity contribution < 1.29 is 8.78 Å². The minimum atomic E-state index is -0.533. The van der Waals surface area contributed by atoms with Crippen LogP contribution in [0, 0.1) is 11.6 Å². The van der Waals surface area contributed by atoms with Gasteiger partial charge < -0.3 is 5.32 Å². The molecule has 0 radical (unpaired) electrons. The molecule has 0 aliphatic carbocycles. The first-order valence-electron chi connectivity index (χ1n) is 5.63. The van der Waals surface area contributed by atoms with Crippen LogP contribution in [0.25, 0.3) is 0 Å². The van der Waals surface area contributed by atoms with Gasteiger partial charge in [-0.15, -0.1) is 0 Å². The molecule has 0 saturated heterocycles. The normalized spacial score (nSPS) is 11.8. The van der Waals surface area contributed by atoms with Gasteiger partial charge in [0.05, 0.1) is 0 Å². The first-order chi connectivity index (χ1) is 7.44. The Hall–Kier alpha value is -0.960. The standard InChI is InChI=1S/C13H19F2N/c1-4-7-13(2,3)16-9-10-5-6-11(14)8-12(10)15/h5-6,8,16H,4,7,9H2,1-3H3. The third-order valence-electron chi connectivity index (χ3n) is 2.65. The summed E-state index contributed by atoms with van der Waals surface area (Å²) in [7, 11) is 0. The van der Waals surface area contributed by atoms with Gasteiger partial charge >= 0.3 is 0 Å². The second-order valence-corrected chi connectivity index (χ2v) is 4.72. The van der Waals surface area contributed by atoms with Crippen molar-refractivity contribution in [1.82, 2.24) is 5.32 Å². The van der Waals surface area contributed by atoms with Crippen molar-refractivity contribution in [1.29, 1.82) is 0 Å². The van der Waals surface area contributed by atoms with Gasteiger partial charge in [0.25, 0.3) is 0 Å². The molecule has 0 atom stereocenters. The summed E-state index contributed by atoms with van der Waals surface area (Å²) < 4.78 is 26.0. The van der Waals surface area contributed by atoms with Gasteiger partial charge in [0.2, 0.25) is 0 Å². The Bertz CT molecular complexity index is 348. The van der Waals surface area contributed by atoms with Gasteiger partial charge in [-0.2, -0.15) is 0 Å². The molecule has 90 valence electrons. The van der Waals surface area contributed by atoms with Crippen LogP contribution in [-0.4, -0.2) is 5.54 Å². The highest BCUT2D eigenvalue weighted by atomic mass is 19.1. The van der Waals surface area contributed by atoms with Gasteiger partial charge in [-0.05, 0) is 26.3 Å². The highest BCUT2D eigenvalue weighted by Crippen LogP contribution is 2.14. The van der Waals surface area contributed by atoms with Crippen molar-refractivity contribution in [2.75, 3.05) is 0 Å². The van der Waals surface area contributed by atoms with Crippen LogP contribution in [0.4, 0.5) is 8.78 Å². The fraction of sp³-hybridized carbons (Fsp3) is 0.538. The van der Waals surface area contributed by atoms with Crippen LogP contribution in [0.1, 0.15) is 39.2 Å². The zero-order valence-corrected chi connectivity index (χ0v) is 10.1. The minimum absolute atomic E-state index is 0.0183. The monoisotopic (exact) mass is 227 g/mol. The maximum Gasteiger partial charge on any atom is 0.130 e. The second-order valence-electron chi connectivity index (χ2n) is 4.72. The summed E-state index contributed by atoms with van der Waals surface area (Å²) in [6.07, 6.45) is 2.10. The largest absolute Gasteiger partial charge is 0.308 e. The van der Waals surface area contributed by atoms with Crippen LogP contribution < -0.4 is 5.32 Å². The van der Waals surface area contributed by atoms with E-state index in [0.29, 0.717) is 12.1 Å². The van der Waals surface area contributed by atoms with Crippen molar-refractivity contribution in [3.63, 3.8) is 0 Å². The molecule has 0 bridgehead atoms. The molecular formula is C13H19F2N. The van der Waals surface area contributed by atoms with E-state index in [1.54, 1.807) is 0 Å². The van der Waals surface area contributed by atoms with E-state index >= 15 is 0 Å². The van der Waals surface area contributed by atoms with E-state index < -0.39 is 11.6 Å². The van der Waals surface area contributed by atoms with Crippen LogP contribution in [0.5, 0.6) is 0 Å². The highest BCUT2D eigenvalue weighted by molar-refractivity contribution is 5.18. The Labute approximate surface area is 95.9 Å². The molecule has 1 nitrogen and oxygen atoms in total. The van der Waals surface area contributed by atoms with Crippen LogP contribution in [0.15, 0.2) is 18.2 Å². The Balaban J connectivity index is 2.61. The fourth-order valence-electron chi connectivity index (χ4n) is 1.71. The molecule has 1 N–H and O–H groups in total. The molecule has 0 fully saturated rings. The van der Waals surface area contributed by atoms with Gasteiger partial charge in [0.1, 0.15) is 11.6 Å². The number of rotatable bonds is 5. The number of hydrogen-bond donors (Lipinski definition) is 1. The summed E-state index contributed by atoms with van der Waals surface area (Å²) in [4.78, 5) is 0. The predicted molar refractivity (Wildman–Crippen MR) is 62.2 cm³/mol. The van der Waals surface area contributed by atoms with Crippen molar-refractivity contribution in [3.05, 3.63) is 35.4 Å². The van der Waals surface area contributed by atoms with Crippen molar-refractivity contribution in [2.24, 2.45) is 0 Å². The summed E-state index contributed by atoms with van der Waals surface area (Å²) in [6, 6.07) is 3.69. The smallest absolute Gasteiger partial charge is 0.130 e. The van der Waals surface area contributed by atoms with E-state index in [1.165, 1.54) is 12.1 Å². The summed E-state index contributed by atoms with van der Waals surface area (Å²) >= 11 is 0. The molecular weight excluding hydrogens is 208 g/mol. The van der Waals surface area contributed by atoms with Crippen molar-refractivity contribution in [2.45, 2.75) is 45.7 Å². The van der Waals surface area contributed by atoms with E-state index in [-0.39, 0.29) is 5.54 Å². The average molecular weight is 227 g/mol. The van der Waals surface area contributed by atoms with Gasteiger partial charge in [-0.3, -0.25) is 0 Å². The maximum atomic E-state index is 13.3. The molecule has 1 rings (SSSR count). The molecule has 0 saturated carbocycles. The average Bonchev–Trinajstić information content (AvgIpc) is 2.16. The molecule has 1 aromatic rings. The number of hydrogen-bond acceptors (Lipinski definition) is 1. The first-order valence-corrected chi connectivity index (χ1v) is 5.63. The molecule has 3 heteroatoms. The van der Waals surface area contributed by atoms with Gasteiger partial charge in [-0.1, -0.05) is 19.4 Å². The predicted octanol–water partition coefficient (Wildman–Crippen LogP) is 3.63. The minimum Gasteiger partial charge on any atom is -0.308 e. The molecule has 0 aromatic heterocycles. The number of nitrogens with one attached hydrogen (secondary N) is 1. The molecule has 0 amide bonds. The molecule has 1 aromatic carbocycles. The lowest BCUT2D eigenvalue weighted by Gasteiger charge is -2.26. The SMILES string of the molecule is CCCC(C)(C)NCc1ccc(F)cc1F. The number of halogens is 2. The second kappa shape index (κ2) is 5.39. The van der Waals surface area contributed by atoms with Crippen LogP contribution in [0.2, 0.25) is 0 Å². The zero-order valence-electron chi connectivity index (χ0n) is 10.1. The Morgan fingerprint density at radius 3 is 2.50 bits per heavy atom. The van der Waals surface area contributed by atoms with Crippen molar-refractivity contribution >= 4 is 0 Å². The molecule has 0 aliphatic heterocycles. The van der Waals surface area contributed by atoms with Gasteiger partial charge in [-0.25, -0.2) is 8.78 Å². The fourth-order valence-corrected chi connectivity index (χ4v) is 1.71. The summed E-state index contributed by atoms with van der Waals surface area (Å²) in [5.74, 6) is -1.02. The zero-order chi connectivity index (χ0) is 12.2. The van der Waals surface area contributed by atoms with Gasteiger partial charge in [0, 0.05) is 23.7 Å².